The van der Waals surface area contributed by atoms with E-state index in [-0.39, 0.29) is 6.10 Å². The van der Waals surface area contributed by atoms with Crippen molar-refractivity contribution in [3.63, 3.8) is 0 Å². The smallest absolute Gasteiger partial charge is 0.191 e. The average molecular weight is 389 g/mol. The second kappa shape index (κ2) is 12.8. The molecule has 3 N–H and O–H groups in total. The van der Waals surface area contributed by atoms with Crippen molar-refractivity contribution in [2.45, 2.75) is 84.5 Å². The number of likely N-dealkylation sites (tertiary alicyclic amines) is 1. The lowest BCUT2D eigenvalue weighted by atomic mass is 10.1. The number of benzene rings is 1. The number of aliphatic hydroxyl groups excluding tert-OH is 1. The Kier molecular flexibility index (Phi) is 10.4. The van der Waals surface area contributed by atoms with Gasteiger partial charge in [0.1, 0.15) is 0 Å². The van der Waals surface area contributed by atoms with Gasteiger partial charge in [-0.1, -0.05) is 50.5 Å². The molecule has 0 spiro atoms. The Morgan fingerprint density at radius 1 is 1.14 bits per heavy atom. The van der Waals surface area contributed by atoms with Crippen LogP contribution < -0.4 is 10.6 Å². The third-order valence-electron chi connectivity index (χ3n) is 5.37. The minimum atomic E-state index is -0.106. The van der Waals surface area contributed by atoms with Gasteiger partial charge >= 0.3 is 0 Å². The van der Waals surface area contributed by atoms with Gasteiger partial charge in [0.05, 0.1) is 12.6 Å². The minimum absolute atomic E-state index is 0.106. The SMILES string of the molecule is CCCCCC(C)NC(=NCc1ccc(CN2CCC(O)CC2)cc1)NCC. The number of hydrogen-bond acceptors (Lipinski definition) is 3. The van der Waals surface area contributed by atoms with Crippen molar-refractivity contribution in [2.75, 3.05) is 19.6 Å². The van der Waals surface area contributed by atoms with E-state index in [0.717, 1.165) is 45.0 Å². The van der Waals surface area contributed by atoms with E-state index in [4.69, 9.17) is 4.99 Å². The second-order valence-corrected chi connectivity index (χ2v) is 8.06. The van der Waals surface area contributed by atoms with Gasteiger partial charge in [0, 0.05) is 32.2 Å². The molecule has 1 aliphatic rings. The molecule has 0 aromatic heterocycles. The maximum absolute atomic E-state index is 9.63. The summed E-state index contributed by atoms with van der Waals surface area (Å²) in [7, 11) is 0. The highest BCUT2D eigenvalue weighted by molar-refractivity contribution is 5.80. The first kappa shape index (κ1) is 22.7. The van der Waals surface area contributed by atoms with Crippen molar-refractivity contribution in [3.05, 3.63) is 35.4 Å². The number of nitrogens with zero attached hydrogens (tertiary/aromatic N) is 2. The number of guanidine groups is 1. The number of hydrogen-bond donors (Lipinski definition) is 3. The lowest BCUT2D eigenvalue weighted by molar-refractivity contribution is 0.0792. The molecule has 0 amide bonds. The first-order valence-corrected chi connectivity index (χ1v) is 11.1. The van der Waals surface area contributed by atoms with Crippen molar-refractivity contribution in [1.82, 2.24) is 15.5 Å². The molecular formula is C23H40N4O. The van der Waals surface area contributed by atoms with Crippen LogP contribution in [0.5, 0.6) is 0 Å². The number of rotatable bonds is 10. The number of nitrogens with one attached hydrogen (secondary N) is 2. The fourth-order valence-electron chi connectivity index (χ4n) is 3.58. The Bertz CT molecular complexity index is 564. The molecule has 0 saturated carbocycles. The largest absolute Gasteiger partial charge is 0.393 e. The van der Waals surface area contributed by atoms with E-state index in [0.29, 0.717) is 12.6 Å². The molecule has 28 heavy (non-hydrogen) atoms. The lowest BCUT2D eigenvalue weighted by Gasteiger charge is -2.29. The highest BCUT2D eigenvalue weighted by Crippen LogP contribution is 2.14. The molecule has 0 radical (unpaired) electrons. The van der Waals surface area contributed by atoms with Gasteiger partial charge in [-0.3, -0.25) is 4.90 Å². The van der Waals surface area contributed by atoms with Gasteiger partial charge in [-0.05, 0) is 44.2 Å². The van der Waals surface area contributed by atoms with Crippen molar-refractivity contribution in [2.24, 2.45) is 4.99 Å². The van der Waals surface area contributed by atoms with E-state index in [1.165, 1.54) is 36.8 Å². The fraction of sp³-hybridized carbons (Fsp3) is 0.696. The zero-order chi connectivity index (χ0) is 20.2. The van der Waals surface area contributed by atoms with Crippen LogP contribution in [0.1, 0.15) is 70.4 Å². The molecule has 1 unspecified atom stereocenters. The highest BCUT2D eigenvalue weighted by Gasteiger charge is 2.16. The van der Waals surface area contributed by atoms with Gasteiger partial charge < -0.3 is 15.7 Å². The molecule has 5 heteroatoms. The normalized spacial score (nSPS) is 17.5. The summed E-state index contributed by atoms with van der Waals surface area (Å²) < 4.78 is 0. The summed E-state index contributed by atoms with van der Waals surface area (Å²) in [6.45, 7) is 11.1. The summed E-state index contributed by atoms with van der Waals surface area (Å²) in [5.41, 5.74) is 2.56. The molecule has 1 heterocycles. The molecule has 158 valence electrons. The monoisotopic (exact) mass is 388 g/mol. The summed E-state index contributed by atoms with van der Waals surface area (Å²) in [5.74, 6) is 0.905. The van der Waals surface area contributed by atoms with Crippen LogP contribution in [0.15, 0.2) is 29.3 Å². The molecule has 1 aromatic carbocycles. The van der Waals surface area contributed by atoms with Crippen LogP contribution in [0, 0.1) is 0 Å². The molecule has 0 aliphatic carbocycles. The number of aliphatic hydroxyl groups is 1. The topological polar surface area (TPSA) is 59.9 Å². The van der Waals surface area contributed by atoms with Crippen LogP contribution in [0.2, 0.25) is 0 Å². The Balaban J connectivity index is 1.82. The minimum Gasteiger partial charge on any atom is -0.393 e. The lowest BCUT2D eigenvalue weighted by Crippen LogP contribution is -2.42. The van der Waals surface area contributed by atoms with Gasteiger partial charge in [-0.2, -0.15) is 0 Å². The van der Waals surface area contributed by atoms with Gasteiger partial charge in [0.25, 0.3) is 0 Å². The summed E-state index contributed by atoms with van der Waals surface area (Å²) in [6, 6.07) is 9.24. The Morgan fingerprint density at radius 2 is 1.82 bits per heavy atom. The van der Waals surface area contributed by atoms with Crippen LogP contribution >= 0.6 is 0 Å². The van der Waals surface area contributed by atoms with E-state index >= 15 is 0 Å². The Labute approximate surface area is 171 Å². The first-order chi connectivity index (χ1) is 13.6. The summed E-state index contributed by atoms with van der Waals surface area (Å²) >= 11 is 0. The van der Waals surface area contributed by atoms with Crippen molar-refractivity contribution >= 4 is 5.96 Å². The third kappa shape index (κ3) is 8.61. The third-order valence-corrected chi connectivity index (χ3v) is 5.37. The molecule has 1 atom stereocenters. The molecule has 5 nitrogen and oxygen atoms in total. The van der Waals surface area contributed by atoms with E-state index < -0.39 is 0 Å². The van der Waals surface area contributed by atoms with E-state index in [2.05, 4.69) is 60.6 Å². The molecule has 1 saturated heterocycles. The van der Waals surface area contributed by atoms with Crippen LogP contribution in [0.25, 0.3) is 0 Å². The average Bonchev–Trinajstić information content (AvgIpc) is 2.69. The van der Waals surface area contributed by atoms with Crippen LogP contribution in [0.4, 0.5) is 0 Å². The zero-order valence-corrected chi connectivity index (χ0v) is 18.1. The zero-order valence-electron chi connectivity index (χ0n) is 18.1. The van der Waals surface area contributed by atoms with Crippen LogP contribution in [-0.2, 0) is 13.1 Å². The number of piperidine rings is 1. The summed E-state index contributed by atoms with van der Waals surface area (Å²) in [5, 5.41) is 16.5. The quantitative estimate of drug-likeness (QED) is 0.325. The first-order valence-electron chi connectivity index (χ1n) is 11.1. The number of unbranched alkanes of at least 4 members (excludes halogenated alkanes) is 2. The van der Waals surface area contributed by atoms with Crippen molar-refractivity contribution in [3.8, 4) is 0 Å². The second-order valence-electron chi connectivity index (χ2n) is 8.06. The summed E-state index contributed by atoms with van der Waals surface area (Å²) in [6.07, 6.45) is 6.68. The molecule has 1 fully saturated rings. The molecule has 1 aromatic rings. The maximum Gasteiger partial charge on any atom is 0.191 e. The van der Waals surface area contributed by atoms with Crippen LogP contribution in [-0.4, -0.2) is 47.7 Å². The van der Waals surface area contributed by atoms with Crippen molar-refractivity contribution < 1.29 is 5.11 Å². The van der Waals surface area contributed by atoms with Gasteiger partial charge in [0.15, 0.2) is 5.96 Å². The van der Waals surface area contributed by atoms with E-state index in [1.54, 1.807) is 0 Å². The van der Waals surface area contributed by atoms with Crippen LogP contribution in [0.3, 0.4) is 0 Å². The van der Waals surface area contributed by atoms with E-state index in [1.807, 2.05) is 0 Å². The van der Waals surface area contributed by atoms with Gasteiger partial charge in [-0.15, -0.1) is 0 Å². The fourth-order valence-corrected chi connectivity index (χ4v) is 3.58. The molecule has 1 aliphatic heterocycles. The summed E-state index contributed by atoms with van der Waals surface area (Å²) in [4.78, 5) is 7.19. The standard InChI is InChI=1S/C23H40N4O/c1-4-6-7-8-19(3)26-23(24-5-2)25-17-20-9-11-21(12-10-20)18-27-15-13-22(28)14-16-27/h9-12,19,22,28H,4-8,13-18H2,1-3H3,(H2,24,25,26). The Morgan fingerprint density at radius 3 is 2.46 bits per heavy atom. The molecule has 0 bridgehead atoms. The van der Waals surface area contributed by atoms with Gasteiger partial charge in [0.2, 0.25) is 0 Å². The maximum atomic E-state index is 9.63. The van der Waals surface area contributed by atoms with Crippen molar-refractivity contribution in [1.29, 1.82) is 0 Å². The predicted octanol–water partition coefficient (Wildman–Crippen LogP) is 3.67. The Hall–Kier alpha value is -1.59. The number of aliphatic imine (C=N–C) groups is 1. The van der Waals surface area contributed by atoms with E-state index in [9.17, 15) is 5.11 Å². The predicted molar refractivity (Wildman–Crippen MR) is 119 cm³/mol. The molecular weight excluding hydrogens is 348 g/mol. The highest BCUT2D eigenvalue weighted by atomic mass is 16.3. The van der Waals surface area contributed by atoms with Gasteiger partial charge in [-0.25, -0.2) is 4.99 Å². The molecule has 2 rings (SSSR count).